The second-order valence-electron chi connectivity index (χ2n) is 5.89. The van der Waals surface area contributed by atoms with Crippen LogP contribution >= 0.6 is 15.9 Å². The van der Waals surface area contributed by atoms with E-state index in [4.69, 9.17) is 4.74 Å². The van der Waals surface area contributed by atoms with E-state index in [-0.39, 0.29) is 6.61 Å². The van der Waals surface area contributed by atoms with Crippen molar-refractivity contribution >= 4 is 32.7 Å². The summed E-state index contributed by atoms with van der Waals surface area (Å²) in [5.41, 5.74) is 1.96. The third-order valence-corrected chi connectivity index (χ3v) is 4.34. The van der Waals surface area contributed by atoms with Crippen molar-refractivity contribution < 1.29 is 9.84 Å². The molecule has 1 heterocycles. The predicted octanol–water partition coefficient (Wildman–Crippen LogP) is 3.41. The molecule has 1 aromatic heterocycles. The molecule has 0 aliphatic rings. The Bertz CT molecular complexity index is 829. The summed E-state index contributed by atoms with van der Waals surface area (Å²) in [6, 6.07) is 15.8. The molecule has 1 N–H and O–H groups in total. The van der Waals surface area contributed by atoms with E-state index >= 15 is 0 Å². The van der Waals surface area contributed by atoms with Crippen molar-refractivity contribution in [3.8, 4) is 0 Å². The maximum absolute atomic E-state index is 10.3. The molecule has 0 aliphatic carbocycles. The number of benzene rings is 2. The number of aliphatic hydroxyl groups excluding tert-OH is 1. The standard InChI is InChI=1S/C19H20BrN3O2/c1-23(10-16(24)12-25-11-14-5-3-2-4-6-14)19-17-9-15(20)7-8-18(17)21-13-22-19/h2-9,13,16,24H,10-12H2,1H3. The number of anilines is 1. The molecule has 0 amide bonds. The second-order valence-corrected chi connectivity index (χ2v) is 6.81. The van der Waals surface area contributed by atoms with E-state index in [0.717, 1.165) is 26.8 Å². The van der Waals surface area contributed by atoms with E-state index in [1.165, 1.54) is 0 Å². The molecule has 5 nitrogen and oxygen atoms in total. The summed E-state index contributed by atoms with van der Waals surface area (Å²) in [5, 5.41) is 11.2. The molecule has 1 unspecified atom stereocenters. The fourth-order valence-electron chi connectivity index (χ4n) is 2.66. The van der Waals surface area contributed by atoms with Gasteiger partial charge in [-0.15, -0.1) is 0 Å². The zero-order chi connectivity index (χ0) is 17.6. The van der Waals surface area contributed by atoms with Crippen molar-refractivity contribution in [3.05, 3.63) is 64.9 Å². The van der Waals surface area contributed by atoms with E-state index in [0.29, 0.717) is 13.2 Å². The van der Waals surface area contributed by atoms with E-state index in [1.54, 1.807) is 6.33 Å². The smallest absolute Gasteiger partial charge is 0.139 e. The maximum Gasteiger partial charge on any atom is 0.139 e. The number of hydrogen-bond acceptors (Lipinski definition) is 5. The Balaban J connectivity index is 1.60. The van der Waals surface area contributed by atoms with E-state index in [2.05, 4.69) is 25.9 Å². The van der Waals surface area contributed by atoms with Crippen LogP contribution in [0.1, 0.15) is 5.56 Å². The number of aromatic nitrogens is 2. The normalized spacial score (nSPS) is 12.3. The molecule has 0 saturated carbocycles. The van der Waals surface area contributed by atoms with Gasteiger partial charge in [0.1, 0.15) is 12.1 Å². The van der Waals surface area contributed by atoms with Crippen molar-refractivity contribution in [1.29, 1.82) is 0 Å². The van der Waals surface area contributed by atoms with Gasteiger partial charge in [0, 0.05) is 23.5 Å². The quantitative estimate of drug-likeness (QED) is 0.657. The zero-order valence-electron chi connectivity index (χ0n) is 14.0. The Morgan fingerprint density at radius 3 is 2.76 bits per heavy atom. The van der Waals surface area contributed by atoms with Crippen molar-refractivity contribution in [1.82, 2.24) is 9.97 Å². The van der Waals surface area contributed by atoms with Crippen molar-refractivity contribution in [2.75, 3.05) is 25.1 Å². The number of fused-ring (bicyclic) bond motifs is 1. The number of aliphatic hydroxyl groups is 1. The average Bonchev–Trinajstić information content (AvgIpc) is 2.62. The second kappa shape index (κ2) is 8.38. The van der Waals surface area contributed by atoms with Crippen LogP contribution in [0.5, 0.6) is 0 Å². The summed E-state index contributed by atoms with van der Waals surface area (Å²) in [7, 11) is 1.91. The Morgan fingerprint density at radius 1 is 1.16 bits per heavy atom. The van der Waals surface area contributed by atoms with E-state index < -0.39 is 6.10 Å². The summed E-state index contributed by atoms with van der Waals surface area (Å²) >= 11 is 3.48. The van der Waals surface area contributed by atoms with Gasteiger partial charge in [0.15, 0.2) is 0 Å². The van der Waals surface area contributed by atoms with Crippen LogP contribution in [0.4, 0.5) is 5.82 Å². The first kappa shape index (κ1) is 17.8. The van der Waals surface area contributed by atoms with Crippen LogP contribution in [0.3, 0.4) is 0 Å². The van der Waals surface area contributed by atoms with Crippen molar-refractivity contribution in [2.45, 2.75) is 12.7 Å². The molecule has 0 radical (unpaired) electrons. The van der Waals surface area contributed by atoms with Crippen LogP contribution in [-0.2, 0) is 11.3 Å². The van der Waals surface area contributed by atoms with Crippen LogP contribution in [-0.4, -0.2) is 41.4 Å². The third kappa shape index (κ3) is 4.75. The molecule has 0 fully saturated rings. The van der Waals surface area contributed by atoms with Crippen LogP contribution < -0.4 is 4.90 Å². The molecule has 6 heteroatoms. The fraction of sp³-hybridized carbons (Fsp3) is 0.263. The monoisotopic (exact) mass is 401 g/mol. The molecule has 1 atom stereocenters. The molecule has 0 bridgehead atoms. The van der Waals surface area contributed by atoms with Gasteiger partial charge in [0.05, 0.1) is 24.8 Å². The molecule has 0 saturated heterocycles. The molecule has 2 aromatic carbocycles. The Morgan fingerprint density at radius 2 is 1.96 bits per heavy atom. The largest absolute Gasteiger partial charge is 0.389 e. The average molecular weight is 402 g/mol. The molecular formula is C19H20BrN3O2. The number of ether oxygens (including phenoxy) is 1. The molecule has 0 spiro atoms. The van der Waals surface area contributed by atoms with Crippen LogP contribution in [0.2, 0.25) is 0 Å². The lowest BCUT2D eigenvalue weighted by molar-refractivity contribution is 0.0324. The molecule has 0 aliphatic heterocycles. The van der Waals surface area contributed by atoms with Gasteiger partial charge in [-0.25, -0.2) is 9.97 Å². The first-order chi connectivity index (χ1) is 12.1. The minimum Gasteiger partial charge on any atom is -0.389 e. The number of likely N-dealkylation sites (N-methyl/N-ethyl adjacent to an activating group) is 1. The molecule has 25 heavy (non-hydrogen) atoms. The Kier molecular flexibility index (Phi) is 5.96. The number of hydrogen-bond donors (Lipinski definition) is 1. The summed E-state index contributed by atoms with van der Waals surface area (Å²) < 4.78 is 6.58. The third-order valence-electron chi connectivity index (χ3n) is 3.84. The minimum atomic E-state index is -0.606. The number of rotatable bonds is 7. The lowest BCUT2D eigenvalue weighted by atomic mass is 10.2. The highest BCUT2D eigenvalue weighted by Crippen LogP contribution is 2.25. The molecule has 3 aromatic rings. The molecular weight excluding hydrogens is 382 g/mol. The minimum absolute atomic E-state index is 0.270. The van der Waals surface area contributed by atoms with Crippen molar-refractivity contribution in [2.24, 2.45) is 0 Å². The van der Waals surface area contributed by atoms with E-state index in [1.807, 2.05) is 60.5 Å². The SMILES string of the molecule is CN(CC(O)COCc1ccccc1)c1ncnc2ccc(Br)cc12. The topological polar surface area (TPSA) is 58.5 Å². The van der Waals surface area contributed by atoms with Crippen LogP contribution in [0.25, 0.3) is 10.9 Å². The Labute approximate surface area is 155 Å². The number of nitrogens with zero attached hydrogens (tertiary/aromatic N) is 3. The predicted molar refractivity (Wildman–Crippen MR) is 103 cm³/mol. The first-order valence-electron chi connectivity index (χ1n) is 8.04. The van der Waals surface area contributed by atoms with Gasteiger partial charge in [0.2, 0.25) is 0 Å². The van der Waals surface area contributed by atoms with Gasteiger partial charge in [-0.1, -0.05) is 46.3 Å². The van der Waals surface area contributed by atoms with Gasteiger partial charge in [0.25, 0.3) is 0 Å². The van der Waals surface area contributed by atoms with Gasteiger partial charge in [-0.2, -0.15) is 0 Å². The van der Waals surface area contributed by atoms with Crippen molar-refractivity contribution in [3.63, 3.8) is 0 Å². The Hall–Kier alpha value is -2.02. The molecule has 130 valence electrons. The van der Waals surface area contributed by atoms with E-state index in [9.17, 15) is 5.11 Å². The summed E-state index contributed by atoms with van der Waals surface area (Å²) in [6.45, 7) is 1.18. The highest BCUT2D eigenvalue weighted by molar-refractivity contribution is 9.10. The van der Waals surface area contributed by atoms with Gasteiger partial charge >= 0.3 is 0 Å². The van der Waals surface area contributed by atoms with Gasteiger partial charge in [-0.3, -0.25) is 0 Å². The first-order valence-corrected chi connectivity index (χ1v) is 8.84. The zero-order valence-corrected chi connectivity index (χ0v) is 15.6. The number of halogens is 1. The summed E-state index contributed by atoms with van der Waals surface area (Å²) in [4.78, 5) is 10.6. The maximum atomic E-state index is 10.3. The van der Waals surface area contributed by atoms with Crippen LogP contribution in [0.15, 0.2) is 59.3 Å². The highest BCUT2D eigenvalue weighted by atomic mass is 79.9. The lowest BCUT2D eigenvalue weighted by Gasteiger charge is -2.22. The molecule has 3 rings (SSSR count). The van der Waals surface area contributed by atoms with Gasteiger partial charge < -0.3 is 14.7 Å². The lowest BCUT2D eigenvalue weighted by Crippen LogP contribution is -2.32. The summed E-state index contributed by atoms with van der Waals surface area (Å²) in [6.07, 6.45) is 0.936. The fourth-order valence-corrected chi connectivity index (χ4v) is 3.02. The summed E-state index contributed by atoms with van der Waals surface area (Å²) in [5.74, 6) is 0.786. The van der Waals surface area contributed by atoms with Gasteiger partial charge in [-0.05, 0) is 23.8 Å². The van der Waals surface area contributed by atoms with Crippen LogP contribution in [0, 0.1) is 0 Å². The highest BCUT2D eigenvalue weighted by Gasteiger charge is 2.13.